The van der Waals surface area contributed by atoms with Gasteiger partial charge in [-0.1, -0.05) is 13.5 Å². The zero-order valence-electron chi connectivity index (χ0n) is 8.55. The highest BCUT2D eigenvalue weighted by Gasteiger charge is 2.18. The van der Waals surface area contributed by atoms with E-state index in [1.54, 1.807) is 0 Å². The lowest BCUT2D eigenvalue weighted by molar-refractivity contribution is -0.515. The fourth-order valence-corrected chi connectivity index (χ4v) is 0.270. The molecule has 0 heterocycles. The third-order valence-corrected chi connectivity index (χ3v) is 1.57. The minimum atomic E-state index is -0.632. The molecule has 0 fully saturated rings. The first kappa shape index (κ1) is 12.1. The Kier molecular flexibility index (Phi) is 4.66. The summed E-state index contributed by atoms with van der Waals surface area (Å²) in [7, 11) is 0. The Morgan fingerprint density at radius 2 is 2.00 bits per heavy atom. The predicted octanol–water partition coefficient (Wildman–Crippen LogP) is 2.16. The molecular formula is C9H16O4. The molecule has 76 valence electrons. The molecule has 0 unspecified atom stereocenters. The van der Waals surface area contributed by atoms with Gasteiger partial charge >= 0.3 is 5.97 Å². The van der Waals surface area contributed by atoms with Crippen LogP contribution in [0.2, 0.25) is 0 Å². The lowest BCUT2D eigenvalue weighted by Gasteiger charge is -2.19. The highest BCUT2D eigenvalue weighted by atomic mass is 17.5. The van der Waals surface area contributed by atoms with Crippen molar-refractivity contribution in [1.82, 2.24) is 0 Å². The quantitative estimate of drug-likeness (QED) is 0.377. The van der Waals surface area contributed by atoms with Crippen molar-refractivity contribution in [3.63, 3.8) is 0 Å². The highest BCUT2D eigenvalue weighted by molar-refractivity contribution is 5.86. The average molecular weight is 188 g/mol. The van der Waals surface area contributed by atoms with Crippen molar-refractivity contribution in [2.24, 2.45) is 0 Å². The lowest BCUT2D eigenvalue weighted by Crippen LogP contribution is -2.24. The van der Waals surface area contributed by atoms with Crippen LogP contribution >= 0.6 is 0 Å². The van der Waals surface area contributed by atoms with Gasteiger partial charge in [0.1, 0.15) is 5.60 Å². The maximum absolute atomic E-state index is 10.8. The van der Waals surface area contributed by atoms with E-state index >= 15 is 0 Å². The molecule has 0 aromatic rings. The van der Waals surface area contributed by atoms with Crippen molar-refractivity contribution in [3.8, 4) is 0 Å². The van der Waals surface area contributed by atoms with Crippen molar-refractivity contribution in [2.75, 3.05) is 0 Å². The molecule has 4 heteroatoms. The van der Waals surface area contributed by atoms with Gasteiger partial charge < -0.3 is 0 Å². The molecule has 0 aliphatic carbocycles. The van der Waals surface area contributed by atoms with Crippen LogP contribution in [0.1, 0.15) is 34.1 Å². The molecule has 0 saturated heterocycles. The zero-order chi connectivity index (χ0) is 10.5. The van der Waals surface area contributed by atoms with Crippen molar-refractivity contribution >= 4 is 5.97 Å². The Morgan fingerprint density at radius 1 is 1.46 bits per heavy atom. The van der Waals surface area contributed by atoms with Crippen LogP contribution in [-0.4, -0.2) is 11.6 Å². The lowest BCUT2D eigenvalue weighted by atomic mass is 10.1. The molecule has 0 saturated carbocycles. The Balaban J connectivity index is 3.68. The molecule has 4 nitrogen and oxygen atoms in total. The molecule has 0 aromatic carbocycles. The molecule has 0 aliphatic heterocycles. The topological polar surface area (TPSA) is 44.8 Å². The standard InChI is InChI=1S/C9H16O4/c1-6-9(4,5)12-13-11-8(10)7(2)3/h2,6H2,1,3-5H3. The van der Waals surface area contributed by atoms with Crippen LogP contribution in [0.5, 0.6) is 0 Å². The monoisotopic (exact) mass is 188 g/mol. The van der Waals surface area contributed by atoms with Gasteiger partial charge in [0.25, 0.3) is 0 Å². The van der Waals surface area contributed by atoms with E-state index in [0.717, 1.165) is 6.42 Å². The molecule has 0 spiro atoms. The highest BCUT2D eigenvalue weighted by Crippen LogP contribution is 2.13. The number of rotatable bonds is 5. The van der Waals surface area contributed by atoms with E-state index in [9.17, 15) is 4.79 Å². The van der Waals surface area contributed by atoms with Gasteiger partial charge in [-0.2, -0.15) is 4.89 Å². The SMILES string of the molecule is C=C(C)C(=O)OOOC(C)(C)CC. The zero-order valence-corrected chi connectivity index (χ0v) is 8.55. The molecule has 0 N–H and O–H groups in total. The summed E-state index contributed by atoms with van der Waals surface area (Å²) in [6.45, 7) is 10.5. The van der Waals surface area contributed by atoms with Gasteiger partial charge in [-0.25, -0.2) is 4.79 Å². The largest absolute Gasteiger partial charge is 0.371 e. The Labute approximate surface area is 78.3 Å². The number of hydrogen-bond acceptors (Lipinski definition) is 4. The summed E-state index contributed by atoms with van der Waals surface area (Å²) in [4.78, 5) is 19.9. The van der Waals surface area contributed by atoms with Crippen LogP contribution in [0.25, 0.3) is 0 Å². The van der Waals surface area contributed by atoms with Crippen molar-refractivity contribution < 1.29 is 19.6 Å². The van der Waals surface area contributed by atoms with Gasteiger partial charge in [0.2, 0.25) is 0 Å². The summed E-state index contributed by atoms with van der Waals surface area (Å²) < 4.78 is 0. The van der Waals surface area contributed by atoms with Gasteiger partial charge in [-0.3, -0.25) is 4.89 Å². The Bertz CT molecular complexity index is 196. The van der Waals surface area contributed by atoms with E-state index in [1.807, 2.05) is 20.8 Å². The number of carbonyl (C=O) groups is 1. The fourth-order valence-electron chi connectivity index (χ4n) is 0.270. The van der Waals surface area contributed by atoms with E-state index in [1.165, 1.54) is 6.92 Å². The van der Waals surface area contributed by atoms with Crippen LogP contribution in [0.15, 0.2) is 12.2 Å². The van der Waals surface area contributed by atoms with Crippen molar-refractivity contribution in [2.45, 2.75) is 39.7 Å². The second kappa shape index (κ2) is 4.99. The van der Waals surface area contributed by atoms with Gasteiger partial charge in [-0.05, 0) is 32.2 Å². The average Bonchev–Trinajstić information content (AvgIpc) is 2.04. The first-order valence-electron chi connectivity index (χ1n) is 4.11. The van der Waals surface area contributed by atoms with Crippen LogP contribution in [0.4, 0.5) is 0 Å². The van der Waals surface area contributed by atoms with Crippen LogP contribution in [0, 0.1) is 0 Å². The Hall–Kier alpha value is -0.870. The first-order valence-corrected chi connectivity index (χ1v) is 4.11. The van der Waals surface area contributed by atoms with E-state index in [2.05, 4.69) is 16.5 Å². The minimum Gasteiger partial charge on any atom is -0.264 e. The summed E-state index contributed by atoms with van der Waals surface area (Å²) in [5, 5.41) is 4.30. The maximum Gasteiger partial charge on any atom is 0.371 e. The first-order chi connectivity index (χ1) is 5.89. The maximum atomic E-state index is 10.8. The molecule has 0 radical (unpaired) electrons. The third-order valence-electron chi connectivity index (χ3n) is 1.57. The smallest absolute Gasteiger partial charge is 0.264 e. The van der Waals surface area contributed by atoms with Crippen LogP contribution in [-0.2, 0) is 19.6 Å². The molecule has 0 aliphatic rings. The van der Waals surface area contributed by atoms with Crippen LogP contribution < -0.4 is 0 Å². The summed E-state index contributed by atoms with van der Waals surface area (Å²) in [6.07, 6.45) is 0.748. The van der Waals surface area contributed by atoms with Gasteiger partial charge in [0.05, 0.1) is 0 Å². The minimum absolute atomic E-state index is 0.262. The second-order valence-corrected chi connectivity index (χ2v) is 3.42. The van der Waals surface area contributed by atoms with E-state index in [-0.39, 0.29) is 5.57 Å². The molecule has 0 aromatic heterocycles. The molecular weight excluding hydrogens is 172 g/mol. The molecule has 0 atom stereocenters. The van der Waals surface area contributed by atoms with Crippen molar-refractivity contribution in [3.05, 3.63) is 12.2 Å². The number of carbonyl (C=O) groups excluding carboxylic acids is 1. The summed E-state index contributed by atoms with van der Waals surface area (Å²) in [5.41, 5.74) is -0.201. The van der Waals surface area contributed by atoms with Crippen molar-refractivity contribution in [1.29, 1.82) is 0 Å². The van der Waals surface area contributed by atoms with E-state index in [0.29, 0.717) is 0 Å². The molecule has 0 rings (SSSR count). The summed E-state index contributed by atoms with van der Waals surface area (Å²) >= 11 is 0. The van der Waals surface area contributed by atoms with Crippen LogP contribution in [0.3, 0.4) is 0 Å². The van der Waals surface area contributed by atoms with Gasteiger partial charge in [0.15, 0.2) is 0 Å². The molecule has 0 amide bonds. The summed E-state index contributed by atoms with van der Waals surface area (Å²) in [6, 6.07) is 0. The van der Waals surface area contributed by atoms with Gasteiger partial charge in [-0.15, -0.1) is 0 Å². The van der Waals surface area contributed by atoms with E-state index in [4.69, 9.17) is 4.89 Å². The fraction of sp³-hybridized carbons (Fsp3) is 0.667. The second-order valence-electron chi connectivity index (χ2n) is 3.42. The summed E-state index contributed by atoms with van der Waals surface area (Å²) in [5.74, 6) is -0.632. The predicted molar refractivity (Wildman–Crippen MR) is 47.4 cm³/mol. The normalized spacial score (nSPS) is 11.1. The van der Waals surface area contributed by atoms with Gasteiger partial charge in [0, 0.05) is 5.57 Å². The van der Waals surface area contributed by atoms with E-state index < -0.39 is 11.6 Å². The number of hydrogen-bond donors (Lipinski definition) is 0. The molecule has 13 heavy (non-hydrogen) atoms. The third kappa shape index (κ3) is 5.38. The molecule has 0 bridgehead atoms. The Morgan fingerprint density at radius 3 is 2.38 bits per heavy atom.